The number of amides is 12. The third kappa shape index (κ3) is 29.7. The zero-order valence-electron chi connectivity index (χ0n) is 50.6. The Kier molecular flexibility index (Phi) is 35.2. The highest BCUT2D eigenvalue weighted by atomic mass is 32.2. The molecule has 0 aromatic carbocycles. The van der Waals surface area contributed by atoms with Crippen molar-refractivity contribution in [3.05, 3.63) is 0 Å². The van der Waals surface area contributed by atoms with Gasteiger partial charge in [-0.1, -0.05) is 12.8 Å². The van der Waals surface area contributed by atoms with Crippen LogP contribution in [0.15, 0.2) is 9.98 Å². The lowest BCUT2D eigenvalue weighted by Crippen LogP contribution is -2.62. The highest BCUT2D eigenvalue weighted by molar-refractivity contribution is 8.00. The van der Waals surface area contributed by atoms with Crippen molar-refractivity contribution in [2.75, 3.05) is 31.9 Å². The normalized spacial score (nSPS) is 18.3. The van der Waals surface area contributed by atoms with Gasteiger partial charge in [-0.2, -0.15) is 11.8 Å². The topological polar surface area (TPSA) is 579 Å². The Balaban J connectivity index is 2.10. The minimum Gasteiger partial charge on any atom is -0.480 e. The van der Waals surface area contributed by atoms with E-state index in [2.05, 4.69) is 68.5 Å². The van der Waals surface area contributed by atoms with Gasteiger partial charge in [-0.25, -0.2) is 9.59 Å². The number of aliphatic carboxylic acids is 1. The maximum absolute atomic E-state index is 14.1. The van der Waals surface area contributed by atoms with Crippen molar-refractivity contribution >= 4 is 94.8 Å². The number of urea groups is 1. The molecule has 0 aliphatic carbocycles. The van der Waals surface area contributed by atoms with Gasteiger partial charge in [0.25, 0.3) is 0 Å². The number of primary amides is 1. The van der Waals surface area contributed by atoms with E-state index in [-0.39, 0.29) is 101 Å². The van der Waals surface area contributed by atoms with E-state index in [9.17, 15) is 72.9 Å². The smallest absolute Gasteiger partial charge is 0.326 e. The van der Waals surface area contributed by atoms with Crippen molar-refractivity contribution in [1.82, 2.24) is 58.5 Å². The van der Waals surface area contributed by atoms with Crippen LogP contribution in [-0.2, 0) is 52.7 Å². The van der Waals surface area contributed by atoms with Gasteiger partial charge < -0.3 is 108 Å². The monoisotopic (exact) mass is 1270 g/mol. The fourth-order valence-corrected chi connectivity index (χ4v) is 10.8. The summed E-state index contributed by atoms with van der Waals surface area (Å²) < 4.78 is 0. The summed E-state index contributed by atoms with van der Waals surface area (Å²) in [4.78, 5) is 164. The second-order valence-electron chi connectivity index (χ2n) is 21.8. The first-order valence-corrected chi connectivity index (χ1v) is 30.6. The summed E-state index contributed by atoms with van der Waals surface area (Å²) in [5.41, 5.74) is 32.6. The number of carbonyl (C=O) groups is 12. The Bertz CT molecular complexity index is 2410. The second kappa shape index (κ2) is 40.6. The lowest BCUT2D eigenvalue weighted by molar-refractivity contribution is -0.142. The van der Waals surface area contributed by atoms with Crippen LogP contribution >= 0.6 is 11.8 Å². The molecule has 34 nitrogen and oxygen atoms in total. The molecule has 0 saturated carbocycles. The van der Waals surface area contributed by atoms with Crippen LogP contribution in [0, 0.1) is 0 Å². The number of aliphatic hydroxyl groups excluding tert-OH is 2. The van der Waals surface area contributed by atoms with Crippen LogP contribution in [0.3, 0.4) is 0 Å². The number of aliphatic hydroxyl groups is 2. The van der Waals surface area contributed by atoms with E-state index in [0.29, 0.717) is 43.9 Å². The highest BCUT2D eigenvalue weighted by Crippen LogP contribution is 2.33. The maximum atomic E-state index is 14.1. The van der Waals surface area contributed by atoms with Gasteiger partial charge in [-0.05, 0) is 111 Å². The molecular weight excluding hydrogens is 1170 g/mol. The Labute approximate surface area is 515 Å². The lowest BCUT2D eigenvalue weighted by atomic mass is 10.0. The number of carbonyl (C=O) groups excluding carboxylic acids is 11. The van der Waals surface area contributed by atoms with Crippen molar-refractivity contribution in [1.29, 1.82) is 0 Å². The fraction of sp³-hybridized carbons (Fsp3) is 0.736. The summed E-state index contributed by atoms with van der Waals surface area (Å²) in [6, 6.07) is -12.0. The van der Waals surface area contributed by atoms with Crippen LogP contribution < -0.4 is 92.9 Å². The van der Waals surface area contributed by atoms with Crippen molar-refractivity contribution in [2.24, 2.45) is 44.4 Å². The van der Waals surface area contributed by atoms with Crippen LogP contribution in [0.5, 0.6) is 0 Å². The number of aliphatic imine (C=N–C) groups is 2. The van der Waals surface area contributed by atoms with Crippen LogP contribution in [0.25, 0.3) is 0 Å². The van der Waals surface area contributed by atoms with E-state index in [1.807, 2.05) is 11.8 Å². The standard InChI is InChI=1S/C53H95N19O15S/c1-27(63-39(77)19-6-5-11-23-60-38(76)18-8-7-17-36-42-35(26-88-36)69-53(87)72-42)43(78)65-32(15-12-24-61-51(56)57)46(81)71-41(30(4)74)49(84)67-31(14-9-10-22-54)45(80)66-33(20-21-37(55)75)47(82)70-40(29(3)73)48(83)64-28(2)44(79)68-34(50(85)86)16-13-25-62-52(58)59/h27-36,40-42,73-74H,5-26,54H2,1-4H3,(H2,55,75)(H,60,76)(H,63,77)(H,64,83)(H,65,78)(H,66,80)(H,67,84)(H,68,79)(H,70,82)(H,71,81)(H,85,86)(H4,56,57,61)(H4,58,59,62)(H2,69,72,87)/t27-,28-,29+,30+,31-,32-,33-,34-,35-,36-,40-,41-,42-/m0/s1. The molecule has 0 spiro atoms. The van der Waals surface area contributed by atoms with Gasteiger partial charge in [-0.3, -0.25) is 57.9 Å². The summed E-state index contributed by atoms with van der Waals surface area (Å²) in [5.74, 6) is -9.48. The molecule has 2 rings (SSSR count). The predicted molar refractivity (Wildman–Crippen MR) is 324 cm³/mol. The number of hydrogen-bond acceptors (Lipinski definition) is 18. The molecule has 2 saturated heterocycles. The number of hydrogen-bond donors (Lipinski definition) is 20. The number of unbranched alkanes of at least 4 members (excludes halogenated alkanes) is 4. The van der Waals surface area contributed by atoms with Crippen LogP contribution in [-0.4, -0.2) is 208 Å². The number of carboxylic acid groups (broad SMARTS) is 1. The summed E-state index contributed by atoms with van der Waals surface area (Å²) >= 11 is 1.83. The zero-order valence-corrected chi connectivity index (χ0v) is 51.4. The van der Waals surface area contributed by atoms with Crippen LogP contribution in [0.1, 0.15) is 137 Å². The van der Waals surface area contributed by atoms with E-state index in [0.717, 1.165) is 38.9 Å². The molecule has 0 aromatic rings. The molecule has 26 N–H and O–H groups in total. The minimum atomic E-state index is -1.81. The Hall–Kier alpha value is -7.79. The fourth-order valence-electron chi connectivity index (χ4n) is 9.22. The summed E-state index contributed by atoms with van der Waals surface area (Å²) in [7, 11) is 0. The Morgan fingerprint density at radius 3 is 1.56 bits per heavy atom. The van der Waals surface area contributed by atoms with Gasteiger partial charge >= 0.3 is 12.0 Å². The molecule has 0 aromatic heterocycles. The summed E-state index contributed by atoms with van der Waals surface area (Å²) in [5, 5.41) is 59.5. The quantitative estimate of drug-likeness (QED) is 0.0117. The number of fused-ring (bicyclic) bond motifs is 1. The first-order chi connectivity index (χ1) is 41.5. The van der Waals surface area contributed by atoms with E-state index in [4.69, 9.17) is 34.4 Å². The lowest BCUT2D eigenvalue weighted by Gasteiger charge is -2.29. The molecule has 498 valence electrons. The average Bonchev–Trinajstić information content (AvgIpc) is 3.26. The first-order valence-electron chi connectivity index (χ1n) is 29.6. The molecule has 2 aliphatic heterocycles. The van der Waals surface area contributed by atoms with E-state index in [1.54, 1.807) is 0 Å². The van der Waals surface area contributed by atoms with Gasteiger partial charge in [0.1, 0.15) is 48.3 Å². The SMILES string of the molecule is C[C@H](NC(=O)CCCCCNC(=O)CCCC[C@@H]1SC[C@@H]2NC(=O)N[C@@H]21)C(=O)N[C@@H](CCCN=C(N)N)C(=O)N[C@H](C(=O)N[C@@H](CCCCN)C(=O)N[C@@H](CCC(N)=O)C(=O)N[C@H](C(=O)N[C@@H](C)C(=O)N[C@@H](CCCN=C(N)N)C(=O)O)[C@@H](C)O)[C@@H](C)O. The number of thioether (sulfide) groups is 1. The highest BCUT2D eigenvalue weighted by Gasteiger charge is 2.43. The molecule has 35 heteroatoms. The Morgan fingerprint density at radius 2 is 1.01 bits per heavy atom. The van der Waals surface area contributed by atoms with Gasteiger partial charge in [0.2, 0.25) is 59.1 Å². The number of nitrogens with one attached hydrogen (secondary N) is 11. The van der Waals surface area contributed by atoms with Crippen molar-refractivity contribution < 1.29 is 72.9 Å². The molecule has 13 atom stereocenters. The van der Waals surface area contributed by atoms with Gasteiger partial charge in [-0.15, -0.1) is 0 Å². The van der Waals surface area contributed by atoms with Crippen LogP contribution in [0.4, 0.5) is 4.79 Å². The molecule has 12 amide bonds. The molecular formula is C53H95N19O15S. The molecule has 88 heavy (non-hydrogen) atoms. The maximum Gasteiger partial charge on any atom is 0.326 e. The third-order valence-corrected chi connectivity index (χ3v) is 15.7. The minimum absolute atomic E-state index is 0.0181. The van der Waals surface area contributed by atoms with Gasteiger partial charge in [0, 0.05) is 49.9 Å². The van der Waals surface area contributed by atoms with Crippen LogP contribution in [0.2, 0.25) is 0 Å². The summed E-state index contributed by atoms with van der Waals surface area (Å²) in [6.45, 7) is 5.56. The average molecular weight is 1270 g/mol. The molecule has 2 heterocycles. The molecule has 2 aliphatic rings. The largest absolute Gasteiger partial charge is 0.480 e. The van der Waals surface area contributed by atoms with Crippen molar-refractivity contribution in [2.45, 2.75) is 215 Å². The second-order valence-corrected chi connectivity index (χ2v) is 23.0. The number of guanidine groups is 2. The van der Waals surface area contributed by atoms with E-state index >= 15 is 0 Å². The number of rotatable bonds is 44. The first kappa shape index (κ1) is 76.3. The molecule has 0 unspecified atom stereocenters. The van der Waals surface area contributed by atoms with Gasteiger partial charge in [0.15, 0.2) is 11.9 Å². The molecule has 2 fully saturated rings. The van der Waals surface area contributed by atoms with Gasteiger partial charge in [0.05, 0.1) is 24.3 Å². The number of nitrogens with two attached hydrogens (primary N) is 6. The summed E-state index contributed by atoms with van der Waals surface area (Å²) in [6.07, 6.45) is 0.826. The van der Waals surface area contributed by atoms with E-state index < -0.39 is 133 Å². The molecule has 0 bridgehead atoms. The van der Waals surface area contributed by atoms with Crippen molar-refractivity contribution in [3.63, 3.8) is 0 Å². The number of carboxylic acids is 1. The van der Waals surface area contributed by atoms with E-state index in [1.165, 1.54) is 13.8 Å². The van der Waals surface area contributed by atoms with Crippen molar-refractivity contribution in [3.8, 4) is 0 Å². The number of nitrogens with zero attached hydrogens (tertiary/aromatic N) is 2. The predicted octanol–water partition coefficient (Wildman–Crippen LogP) is -6.35. The zero-order chi connectivity index (χ0) is 66.0. The third-order valence-electron chi connectivity index (χ3n) is 14.2. The Morgan fingerprint density at radius 1 is 0.534 bits per heavy atom. The molecule has 0 radical (unpaired) electrons.